The van der Waals surface area contributed by atoms with Gasteiger partial charge < -0.3 is 5.73 Å². The van der Waals surface area contributed by atoms with Crippen LogP contribution in [0.4, 0.5) is 0 Å². The second kappa shape index (κ2) is 4.25. The lowest BCUT2D eigenvalue weighted by molar-refractivity contribution is 0.532. The lowest BCUT2D eigenvalue weighted by Crippen LogP contribution is -2.17. The summed E-state index contributed by atoms with van der Waals surface area (Å²) >= 11 is 5.14. The van der Waals surface area contributed by atoms with Crippen LogP contribution in [0.3, 0.4) is 0 Å². The van der Waals surface area contributed by atoms with Crippen molar-refractivity contribution in [1.29, 1.82) is 0 Å². The first kappa shape index (κ1) is 9.89. The van der Waals surface area contributed by atoms with Crippen LogP contribution in [0.1, 0.15) is 10.9 Å². The van der Waals surface area contributed by atoms with E-state index in [1.807, 2.05) is 28.4 Å². The SMILES string of the molecule is NC(Cn1cccn1)c1sccc1Br. The van der Waals surface area contributed by atoms with E-state index in [2.05, 4.69) is 21.0 Å². The second-order valence-corrected chi connectivity index (χ2v) is 4.77. The van der Waals surface area contributed by atoms with E-state index in [9.17, 15) is 0 Å². The lowest BCUT2D eigenvalue weighted by atomic mass is 10.2. The molecule has 2 aromatic heterocycles. The summed E-state index contributed by atoms with van der Waals surface area (Å²) in [5.74, 6) is 0. The third kappa shape index (κ3) is 2.05. The van der Waals surface area contributed by atoms with E-state index in [-0.39, 0.29) is 6.04 Å². The van der Waals surface area contributed by atoms with E-state index in [1.165, 1.54) is 4.88 Å². The van der Waals surface area contributed by atoms with Gasteiger partial charge in [0, 0.05) is 21.7 Å². The molecule has 0 bridgehead atoms. The van der Waals surface area contributed by atoms with Gasteiger partial charge in [-0.25, -0.2) is 0 Å². The van der Waals surface area contributed by atoms with Crippen molar-refractivity contribution in [2.45, 2.75) is 12.6 Å². The first-order valence-electron chi connectivity index (χ1n) is 4.23. The number of nitrogens with zero attached hydrogens (tertiary/aromatic N) is 2. The van der Waals surface area contributed by atoms with Crippen molar-refractivity contribution in [3.8, 4) is 0 Å². The summed E-state index contributed by atoms with van der Waals surface area (Å²) in [5.41, 5.74) is 6.05. The van der Waals surface area contributed by atoms with Gasteiger partial charge in [0.05, 0.1) is 12.6 Å². The summed E-state index contributed by atoms with van der Waals surface area (Å²) in [7, 11) is 0. The molecule has 3 nitrogen and oxygen atoms in total. The summed E-state index contributed by atoms with van der Waals surface area (Å²) in [6, 6.07) is 3.92. The number of aromatic nitrogens is 2. The Bertz CT molecular complexity index is 396. The van der Waals surface area contributed by atoms with Gasteiger partial charge in [-0.05, 0) is 33.4 Å². The van der Waals surface area contributed by atoms with Crippen LogP contribution in [0.15, 0.2) is 34.4 Å². The molecule has 0 amide bonds. The lowest BCUT2D eigenvalue weighted by Gasteiger charge is -2.10. The van der Waals surface area contributed by atoms with Crippen molar-refractivity contribution in [2.24, 2.45) is 5.73 Å². The molecule has 1 atom stereocenters. The van der Waals surface area contributed by atoms with Gasteiger partial charge in [-0.15, -0.1) is 11.3 Å². The predicted molar refractivity (Wildman–Crippen MR) is 61.2 cm³/mol. The molecule has 0 radical (unpaired) electrons. The fourth-order valence-corrected chi connectivity index (χ4v) is 2.93. The molecule has 0 fully saturated rings. The van der Waals surface area contributed by atoms with E-state index >= 15 is 0 Å². The Morgan fingerprint density at radius 3 is 3.07 bits per heavy atom. The van der Waals surface area contributed by atoms with Crippen molar-refractivity contribution >= 4 is 27.3 Å². The summed E-state index contributed by atoms with van der Waals surface area (Å²) < 4.78 is 2.93. The van der Waals surface area contributed by atoms with Crippen LogP contribution in [0.5, 0.6) is 0 Å². The van der Waals surface area contributed by atoms with E-state index in [1.54, 1.807) is 17.5 Å². The molecule has 5 heteroatoms. The van der Waals surface area contributed by atoms with Gasteiger partial charge in [-0.2, -0.15) is 5.10 Å². The average molecular weight is 272 g/mol. The highest BCUT2D eigenvalue weighted by Gasteiger charge is 2.11. The Balaban J connectivity index is 2.10. The van der Waals surface area contributed by atoms with Gasteiger partial charge >= 0.3 is 0 Å². The normalized spacial score (nSPS) is 13.0. The molecule has 0 aromatic carbocycles. The molecule has 0 saturated carbocycles. The minimum absolute atomic E-state index is 0.00396. The van der Waals surface area contributed by atoms with Gasteiger partial charge in [0.15, 0.2) is 0 Å². The summed E-state index contributed by atoms with van der Waals surface area (Å²) in [5, 5.41) is 6.15. The topological polar surface area (TPSA) is 43.8 Å². The van der Waals surface area contributed by atoms with Crippen molar-refractivity contribution in [3.63, 3.8) is 0 Å². The van der Waals surface area contributed by atoms with Crippen molar-refractivity contribution in [3.05, 3.63) is 39.3 Å². The van der Waals surface area contributed by atoms with Crippen LogP contribution >= 0.6 is 27.3 Å². The fraction of sp³-hybridized carbons (Fsp3) is 0.222. The minimum Gasteiger partial charge on any atom is -0.322 e. The maximum absolute atomic E-state index is 6.05. The zero-order valence-corrected chi connectivity index (χ0v) is 9.83. The van der Waals surface area contributed by atoms with Crippen LogP contribution in [-0.2, 0) is 6.54 Å². The molecule has 2 aromatic rings. The maximum atomic E-state index is 6.05. The van der Waals surface area contributed by atoms with E-state index in [0.29, 0.717) is 6.54 Å². The second-order valence-electron chi connectivity index (χ2n) is 2.97. The zero-order valence-electron chi connectivity index (χ0n) is 7.43. The third-order valence-corrected chi connectivity index (χ3v) is 3.93. The number of nitrogens with two attached hydrogens (primary N) is 1. The molecule has 14 heavy (non-hydrogen) atoms. The molecule has 0 spiro atoms. The molecular formula is C9H10BrN3S. The molecule has 0 aliphatic carbocycles. The average Bonchev–Trinajstić information content (AvgIpc) is 2.75. The van der Waals surface area contributed by atoms with E-state index in [4.69, 9.17) is 5.73 Å². The highest BCUT2D eigenvalue weighted by molar-refractivity contribution is 9.10. The highest BCUT2D eigenvalue weighted by atomic mass is 79.9. The van der Waals surface area contributed by atoms with Crippen molar-refractivity contribution in [1.82, 2.24) is 9.78 Å². The largest absolute Gasteiger partial charge is 0.322 e. The Morgan fingerprint density at radius 2 is 2.50 bits per heavy atom. The van der Waals surface area contributed by atoms with Crippen LogP contribution in [-0.4, -0.2) is 9.78 Å². The van der Waals surface area contributed by atoms with Crippen LogP contribution in [0, 0.1) is 0 Å². The highest BCUT2D eigenvalue weighted by Crippen LogP contribution is 2.28. The molecular weight excluding hydrogens is 262 g/mol. The van der Waals surface area contributed by atoms with Gasteiger partial charge in [0.1, 0.15) is 0 Å². The Morgan fingerprint density at radius 1 is 1.64 bits per heavy atom. The Hall–Kier alpha value is -0.650. The number of hydrogen-bond acceptors (Lipinski definition) is 3. The van der Waals surface area contributed by atoms with Crippen molar-refractivity contribution < 1.29 is 0 Å². The standard InChI is InChI=1S/C9H10BrN3S/c10-7-2-5-14-9(7)8(11)6-13-4-1-3-12-13/h1-5,8H,6,11H2. The van der Waals surface area contributed by atoms with E-state index in [0.717, 1.165) is 4.47 Å². The van der Waals surface area contributed by atoms with Gasteiger partial charge in [0.25, 0.3) is 0 Å². The molecule has 0 saturated heterocycles. The summed E-state index contributed by atoms with van der Waals surface area (Å²) in [6.07, 6.45) is 3.68. The molecule has 2 N–H and O–H groups in total. The number of hydrogen-bond donors (Lipinski definition) is 1. The Kier molecular flexibility index (Phi) is 3.00. The quantitative estimate of drug-likeness (QED) is 0.932. The fourth-order valence-electron chi connectivity index (χ4n) is 1.26. The smallest absolute Gasteiger partial charge is 0.0610 e. The summed E-state index contributed by atoms with van der Waals surface area (Å²) in [4.78, 5) is 1.17. The number of thiophene rings is 1. The molecule has 0 aliphatic rings. The van der Waals surface area contributed by atoms with Crippen LogP contribution < -0.4 is 5.73 Å². The Labute approximate surface area is 94.7 Å². The molecule has 1 unspecified atom stereocenters. The van der Waals surface area contributed by atoms with Gasteiger partial charge in [-0.1, -0.05) is 0 Å². The number of halogens is 1. The van der Waals surface area contributed by atoms with E-state index < -0.39 is 0 Å². The van der Waals surface area contributed by atoms with Crippen LogP contribution in [0.2, 0.25) is 0 Å². The maximum Gasteiger partial charge on any atom is 0.0610 e. The first-order valence-corrected chi connectivity index (χ1v) is 5.90. The predicted octanol–water partition coefficient (Wildman–Crippen LogP) is 2.41. The minimum atomic E-state index is 0.00396. The molecule has 74 valence electrons. The van der Waals surface area contributed by atoms with Gasteiger partial charge in [0.2, 0.25) is 0 Å². The van der Waals surface area contributed by atoms with Crippen molar-refractivity contribution in [2.75, 3.05) is 0 Å². The molecule has 2 rings (SSSR count). The monoisotopic (exact) mass is 271 g/mol. The van der Waals surface area contributed by atoms with Gasteiger partial charge in [-0.3, -0.25) is 4.68 Å². The first-order chi connectivity index (χ1) is 6.77. The summed E-state index contributed by atoms with van der Waals surface area (Å²) in [6.45, 7) is 0.714. The zero-order chi connectivity index (χ0) is 9.97. The molecule has 0 aliphatic heterocycles. The number of rotatable bonds is 3. The molecule has 2 heterocycles. The third-order valence-electron chi connectivity index (χ3n) is 1.92. The van der Waals surface area contributed by atoms with Crippen LogP contribution in [0.25, 0.3) is 0 Å².